The molecule has 1 aromatic carbocycles. The van der Waals surface area contributed by atoms with Crippen LogP contribution in [0.1, 0.15) is 49.8 Å². The molecule has 1 aromatic rings. The van der Waals surface area contributed by atoms with Gasteiger partial charge in [0.15, 0.2) is 0 Å². The minimum Gasteiger partial charge on any atom is -0.0842 e. The Bertz CT molecular complexity index is 756. The molecule has 0 radical (unpaired) electrons. The molecule has 0 aromatic heterocycles. The van der Waals surface area contributed by atoms with Crippen LogP contribution in [0, 0.1) is 5.92 Å². The van der Waals surface area contributed by atoms with Gasteiger partial charge in [0.25, 0.3) is 0 Å². The summed E-state index contributed by atoms with van der Waals surface area (Å²) in [6, 6.07) is 7.15. The summed E-state index contributed by atoms with van der Waals surface area (Å²) >= 11 is 2.49. The molecule has 22 heavy (non-hydrogen) atoms. The Hall–Kier alpha value is -1.09. The summed E-state index contributed by atoms with van der Waals surface area (Å²) in [5.41, 5.74) is 7.69. The minimum atomic E-state index is 0.229. The van der Waals surface area contributed by atoms with E-state index in [4.69, 9.17) is 0 Å². The molecule has 0 saturated carbocycles. The normalized spacial score (nSPS) is 25.0. The van der Waals surface area contributed by atoms with Crippen molar-refractivity contribution >= 4 is 33.7 Å². The lowest BCUT2D eigenvalue weighted by Crippen LogP contribution is -2.24. The van der Waals surface area contributed by atoms with Gasteiger partial charge in [0.1, 0.15) is 0 Å². The van der Waals surface area contributed by atoms with E-state index < -0.39 is 0 Å². The molecule has 0 bridgehead atoms. The Morgan fingerprint density at radius 2 is 2.00 bits per heavy atom. The number of hydrogen-bond acceptors (Lipinski definition) is 0. The highest BCUT2D eigenvalue weighted by Gasteiger charge is 2.43. The van der Waals surface area contributed by atoms with E-state index in [-0.39, 0.29) is 5.41 Å². The number of rotatable bonds is 1. The Labute approximate surface area is 146 Å². The number of benzene rings is 1. The van der Waals surface area contributed by atoms with Gasteiger partial charge in [-0.3, -0.25) is 0 Å². The fourth-order valence-electron chi connectivity index (χ4n) is 4.15. The maximum absolute atomic E-state index is 2.49. The SMILES string of the molecule is CC1(C)c2cc(C3=CC=CCC3)ccc2C2=CC=C(I)CC21. The Kier molecular flexibility index (Phi) is 3.44. The van der Waals surface area contributed by atoms with E-state index in [9.17, 15) is 0 Å². The Morgan fingerprint density at radius 3 is 2.77 bits per heavy atom. The first kappa shape index (κ1) is 14.5. The largest absolute Gasteiger partial charge is 0.0842 e. The van der Waals surface area contributed by atoms with E-state index in [0.717, 1.165) is 0 Å². The highest BCUT2D eigenvalue weighted by molar-refractivity contribution is 14.1. The van der Waals surface area contributed by atoms with Crippen molar-refractivity contribution in [2.24, 2.45) is 5.92 Å². The number of hydrogen-bond donors (Lipinski definition) is 0. The predicted octanol–water partition coefficient (Wildman–Crippen LogP) is 6.43. The first-order chi connectivity index (χ1) is 10.6. The van der Waals surface area contributed by atoms with Crippen LogP contribution in [-0.2, 0) is 5.41 Å². The molecule has 4 rings (SSSR count). The molecule has 3 aliphatic carbocycles. The Balaban J connectivity index is 1.84. The molecular weight excluding hydrogens is 379 g/mol. The minimum absolute atomic E-state index is 0.229. The van der Waals surface area contributed by atoms with Gasteiger partial charge < -0.3 is 0 Å². The van der Waals surface area contributed by atoms with Gasteiger partial charge >= 0.3 is 0 Å². The lowest BCUT2D eigenvalue weighted by Gasteiger charge is -2.30. The second-order valence-corrected chi connectivity index (χ2v) is 8.52. The quantitative estimate of drug-likeness (QED) is 0.477. The van der Waals surface area contributed by atoms with E-state index in [2.05, 4.69) is 85.0 Å². The third kappa shape index (κ3) is 2.17. The van der Waals surface area contributed by atoms with Crippen molar-refractivity contribution in [2.75, 3.05) is 0 Å². The van der Waals surface area contributed by atoms with Crippen LogP contribution in [0.2, 0.25) is 0 Å². The average Bonchev–Trinajstić information content (AvgIpc) is 2.76. The third-order valence-corrected chi connectivity index (χ3v) is 6.30. The molecule has 0 fully saturated rings. The van der Waals surface area contributed by atoms with Crippen molar-refractivity contribution in [1.29, 1.82) is 0 Å². The topological polar surface area (TPSA) is 0 Å². The van der Waals surface area contributed by atoms with Gasteiger partial charge in [0.05, 0.1) is 0 Å². The van der Waals surface area contributed by atoms with Gasteiger partial charge in [-0.15, -0.1) is 0 Å². The van der Waals surface area contributed by atoms with Crippen molar-refractivity contribution < 1.29 is 0 Å². The molecule has 112 valence electrons. The van der Waals surface area contributed by atoms with Crippen molar-refractivity contribution in [2.45, 2.75) is 38.5 Å². The summed E-state index contributed by atoms with van der Waals surface area (Å²) in [6.07, 6.45) is 14.9. The number of allylic oxidation sites excluding steroid dienone is 8. The van der Waals surface area contributed by atoms with Crippen LogP contribution >= 0.6 is 22.6 Å². The maximum atomic E-state index is 2.49. The molecule has 0 amide bonds. The monoisotopic (exact) mass is 400 g/mol. The lowest BCUT2D eigenvalue weighted by molar-refractivity contribution is 0.414. The smallest absolute Gasteiger partial charge is 0.00189 e. The van der Waals surface area contributed by atoms with Crippen LogP contribution in [0.15, 0.2) is 52.2 Å². The summed E-state index contributed by atoms with van der Waals surface area (Å²) in [5, 5.41) is 0. The maximum Gasteiger partial charge on any atom is -0.00189 e. The second kappa shape index (κ2) is 5.23. The fraction of sp³-hybridized carbons (Fsp3) is 0.333. The van der Waals surface area contributed by atoms with Gasteiger partial charge in [-0.05, 0) is 84.6 Å². The molecule has 1 unspecified atom stereocenters. The summed E-state index contributed by atoms with van der Waals surface area (Å²) in [5.74, 6) is 0.634. The highest BCUT2D eigenvalue weighted by Crippen LogP contribution is 2.54. The third-order valence-electron chi connectivity index (χ3n) is 5.50. The van der Waals surface area contributed by atoms with Gasteiger partial charge in [-0.25, -0.2) is 0 Å². The molecular formula is C21H21I. The Morgan fingerprint density at radius 1 is 1.14 bits per heavy atom. The second-order valence-electron chi connectivity index (χ2n) is 7.13. The first-order valence-electron chi connectivity index (χ1n) is 8.14. The molecule has 0 saturated heterocycles. The average molecular weight is 400 g/mol. The zero-order valence-corrected chi connectivity index (χ0v) is 15.4. The molecule has 1 heteroatoms. The molecule has 0 N–H and O–H groups in total. The van der Waals surface area contributed by atoms with Crippen LogP contribution in [0.3, 0.4) is 0 Å². The molecule has 0 nitrogen and oxygen atoms in total. The van der Waals surface area contributed by atoms with Gasteiger partial charge in [0, 0.05) is 0 Å². The van der Waals surface area contributed by atoms with Crippen LogP contribution < -0.4 is 0 Å². The van der Waals surface area contributed by atoms with E-state index >= 15 is 0 Å². The lowest BCUT2D eigenvalue weighted by atomic mass is 9.74. The summed E-state index contributed by atoms with van der Waals surface area (Å²) in [7, 11) is 0. The van der Waals surface area contributed by atoms with E-state index in [0.29, 0.717) is 5.92 Å². The molecule has 1 atom stereocenters. The number of halogens is 1. The van der Waals surface area contributed by atoms with Crippen LogP contribution in [0.4, 0.5) is 0 Å². The standard InChI is InChI=1S/C21H21I/c1-21(2)19-12-15(14-6-4-3-5-7-14)8-10-17(19)18-11-9-16(22)13-20(18)21/h3-4,6,8-12,20H,5,7,13H2,1-2H3. The molecule has 0 heterocycles. The molecule has 3 aliphatic rings. The number of fused-ring (bicyclic) bond motifs is 3. The van der Waals surface area contributed by atoms with Gasteiger partial charge in [0.2, 0.25) is 0 Å². The van der Waals surface area contributed by atoms with E-state index in [1.54, 1.807) is 5.57 Å². The van der Waals surface area contributed by atoms with Crippen molar-refractivity contribution in [3.05, 3.63) is 68.8 Å². The van der Waals surface area contributed by atoms with Crippen LogP contribution in [0.5, 0.6) is 0 Å². The van der Waals surface area contributed by atoms with Crippen LogP contribution in [0.25, 0.3) is 11.1 Å². The molecule has 0 aliphatic heterocycles. The van der Waals surface area contributed by atoms with Crippen LogP contribution in [-0.4, -0.2) is 0 Å². The van der Waals surface area contributed by atoms with Crippen molar-refractivity contribution in [3.63, 3.8) is 0 Å². The van der Waals surface area contributed by atoms with Crippen molar-refractivity contribution in [1.82, 2.24) is 0 Å². The first-order valence-corrected chi connectivity index (χ1v) is 9.22. The zero-order valence-electron chi connectivity index (χ0n) is 13.2. The summed E-state index contributed by atoms with van der Waals surface area (Å²) < 4.78 is 1.48. The van der Waals surface area contributed by atoms with E-state index in [1.165, 1.54) is 45.1 Å². The summed E-state index contributed by atoms with van der Waals surface area (Å²) in [4.78, 5) is 0. The fourth-order valence-corrected chi connectivity index (χ4v) is 4.77. The van der Waals surface area contributed by atoms with E-state index in [1.807, 2.05) is 0 Å². The predicted molar refractivity (Wildman–Crippen MR) is 104 cm³/mol. The van der Waals surface area contributed by atoms with Crippen molar-refractivity contribution in [3.8, 4) is 0 Å². The molecule has 0 spiro atoms. The van der Waals surface area contributed by atoms with Gasteiger partial charge in [-0.1, -0.05) is 62.4 Å². The zero-order chi connectivity index (χ0) is 15.3. The van der Waals surface area contributed by atoms with Gasteiger partial charge in [-0.2, -0.15) is 0 Å². The highest BCUT2D eigenvalue weighted by atomic mass is 127. The summed E-state index contributed by atoms with van der Waals surface area (Å²) in [6.45, 7) is 4.84.